The lowest BCUT2D eigenvalue weighted by molar-refractivity contribution is 0.574. The second-order valence-corrected chi connectivity index (χ2v) is 5.61. The molecule has 0 amide bonds. The SMILES string of the molecule is Cc1ccncc1-c1nc(N2CCCCC2)cs1. The average Bonchev–Trinajstić information content (AvgIpc) is 2.90. The Kier molecular flexibility index (Phi) is 3.28. The van der Waals surface area contributed by atoms with Gasteiger partial charge in [-0.15, -0.1) is 11.3 Å². The van der Waals surface area contributed by atoms with Crippen LogP contribution in [-0.4, -0.2) is 23.1 Å². The number of aromatic nitrogens is 2. The van der Waals surface area contributed by atoms with E-state index in [0.717, 1.165) is 29.5 Å². The molecule has 1 aliphatic rings. The molecule has 0 aliphatic carbocycles. The van der Waals surface area contributed by atoms with E-state index in [9.17, 15) is 0 Å². The normalized spacial score (nSPS) is 15.9. The molecule has 3 rings (SSSR count). The summed E-state index contributed by atoms with van der Waals surface area (Å²) in [5.74, 6) is 1.14. The van der Waals surface area contributed by atoms with E-state index in [4.69, 9.17) is 4.98 Å². The quantitative estimate of drug-likeness (QED) is 0.826. The van der Waals surface area contributed by atoms with Crippen molar-refractivity contribution >= 4 is 17.2 Å². The maximum absolute atomic E-state index is 4.77. The highest BCUT2D eigenvalue weighted by Gasteiger charge is 2.15. The van der Waals surface area contributed by atoms with E-state index in [-0.39, 0.29) is 0 Å². The van der Waals surface area contributed by atoms with Gasteiger partial charge in [-0.3, -0.25) is 4.98 Å². The van der Waals surface area contributed by atoms with E-state index >= 15 is 0 Å². The van der Waals surface area contributed by atoms with Crippen LogP contribution in [0.2, 0.25) is 0 Å². The van der Waals surface area contributed by atoms with Crippen molar-refractivity contribution in [3.63, 3.8) is 0 Å². The van der Waals surface area contributed by atoms with Crippen molar-refractivity contribution < 1.29 is 0 Å². The first-order valence-electron chi connectivity index (χ1n) is 6.46. The van der Waals surface area contributed by atoms with Crippen LogP contribution in [0.15, 0.2) is 23.8 Å². The first-order chi connectivity index (χ1) is 8.84. The van der Waals surface area contributed by atoms with Crippen LogP contribution < -0.4 is 4.90 Å². The van der Waals surface area contributed by atoms with Crippen LogP contribution in [0, 0.1) is 6.92 Å². The molecule has 94 valence electrons. The van der Waals surface area contributed by atoms with Crippen LogP contribution in [0.25, 0.3) is 10.6 Å². The molecule has 0 spiro atoms. The number of hydrogen-bond donors (Lipinski definition) is 0. The van der Waals surface area contributed by atoms with Gasteiger partial charge in [0.15, 0.2) is 0 Å². The van der Waals surface area contributed by atoms with Gasteiger partial charge in [0.25, 0.3) is 0 Å². The molecule has 2 aromatic rings. The Morgan fingerprint density at radius 3 is 2.83 bits per heavy atom. The Balaban J connectivity index is 1.87. The molecule has 2 aromatic heterocycles. The number of anilines is 1. The van der Waals surface area contributed by atoms with Crippen molar-refractivity contribution in [3.05, 3.63) is 29.4 Å². The molecule has 4 heteroatoms. The lowest BCUT2D eigenvalue weighted by Crippen LogP contribution is -2.29. The van der Waals surface area contributed by atoms with E-state index in [2.05, 4.69) is 22.2 Å². The molecular formula is C14H17N3S. The Hall–Kier alpha value is -1.42. The van der Waals surface area contributed by atoms with Crippen LogP contribution in [-0.2, 0) is 0 Å². The summed E-state index contributed by atoms with van der Waals surface area (Å²) in [5, 5.41) is 3.26. The summed E-state index contributed by atoms with van der Waals surface area (Å²) in [6, 6.07) is 2.04. The number of rotatable bonds is 2. The van der Waals surface area contributed by atoms with E-state index in [1.54, 1.807) is 11.3 Å². The van der Waals surface area contributed by atoms with Crippen molar-refractivity contribution in [2.24, 2.45) is 0 Å². The molecule has 3 nitrogen and oxygen atoms in total. The van der Waals surface area contributed by atoms with E-state index in [1.807, 2.05) is 18.5 Å². The molecule has 0 atom stereocenters. The molecule has 0 aromatic carbocycles. The van der Waals surface area contributed by atoms with Gasteiger partial charge in [0.2, 0.25) is 0 Å². The number of pyridine rings is 1. The van der Waals surface area contributed by atoms with Gasteiger partial charge in [-0.05, 0) is 37.8 Å². The van der Waals surface area contributed by atoms with Crippen LogP contribution in [0.3, 0.4) is 0 Å². The highest BCUT2D eigenvalue weighted by atomic mass is 32.1. The van der Waals surface area contributed by atoms with Gasteiger partial charge in [-0.25, -0.2) is 4.98 Å². The lowest BCUT2D eigenvalue weighted by Gasteiger charge is -2.26. The summed E-state index contributed by atoms with van der Waals surface area (Å²) in [6.45, 7) is 4.41. The standard InChI is InChI=1S/C14H17N3S/c1-11-5-6-15-9-12(11)14-16-13(10-18-14)17-7-3-2-4-8-17/h5-6,9-10H,2-4,7-8H2,1H3. The van der Waals surface area contributed by atoms with E-state index < -0.39 is 0 Å². The molecule has 0 bridgehead atoms. The van der Waals surface area contributed by atoms with Crippen molar-refractivity contribution in [1.29, 1.82) is 0 Å². The van der Waals surface area contributed by atoms with Crippen LogP contribution in [0.4, 0.5) is 5.82 Å². The zero-order valence-electron chi connectivity index (χ0n) is 10.6. The van der Waals surface area contributed by atoms with Crippen molar-refractivity contribution in [1.82, 2.24) is 9.97 Å². The first-order valence-corrected chi connectivity index (χ1v) is 7.34. The molecule has 0 saturated carbocycles. The third kappa shape index (κ3) is 2.25. The minimum Gasteiger partial charge on any atom is -0.356 e. The monoisotopic (exact) mass is 259 g/mol. The number of aryl methyl sites for hydroxylation is 1. The van der Waals surface area contributed by atoms with Gasteiger partial charge < -0.3 is 4.90 Å². The number of piperidine rings is 1. The van der Waals surface area contributed by atoms with Crippen molar-refractivity contribution in [2.75, 3.05) is 18.0 Å². The Labute approximate surface area is 112 Å². The molecule has 1 fully saturated rings. The van der Waals surface area contributed by atoms with Crippen LogP contribution in [0.1, 0.15) is 24.8 Å². The fourth-order valence-electron chi connectivity index (χ4n) is 2.35. The van der Waals surface area contributed by atoms with Crippen molar-refractivity contribution in [3.8, 4) is 10.6 Å². The highest BCUT2D eigenvalue weighted by Crippen LogP contribution is 2.30. The molecule has 0 radical (unpaired) electrons. The number of nitrogens with zero attached hydrogens (tertiary/aromatic N) is 3. The third-order valence-electron chi connectivity index (χ3n) is 3.44. The summed E-state index contributed by atoms with van der Waals surface area (Å²) < 4.78 is 0. The largest absolute Gasteiger partial charge is 0.356 e. The molecule has 1 saturated heterocycles. The third-order valence-corrected chi connectivity index (χ3v) is 4.30. The summed E-state index contributed by atoms with van der Waals surface area (Å²) in [5.41, 5.74) is 2.40. The van der Waals surface area contributed by atoms with Gasteiger partial charge >= 0.3 is 0 Å². The summed E-state index contributed by atoms with van der Waals surface area (Å²) in [6.07, 6.45) is 7.68. The van der Waals surface area contributed by atoms with Gasteiger partial charge in [0.05, 0.1) is 0 Å². The predicted octanol–water partition coefficient (Wildman–Crippen LogP) is 3.50. The van der Waals surface area contributed by atoms with Gasteiger partial charge in [0, 0.05) is 36.4 Å². The molecule has 0 unspecified atom stereocenters. The Bertz CT molecular complexity index is 529. The Morgan fingerprint density at radius 2 is 2.06 bits per heavy atom. The second-order valence-electron chi connectivity index (χ2n) is 4.75. The van der Waals surface area contributed by atoms with Crippen molar-refractivity contribution in [2.45, 2.75) is 26.2 Å². The first kappa shape index (κ1) is 11.7. The zero-order valence-corrected chi connectivity index (χ0v) is 11.4. The summed E-state index contributed by atoms with van der Waals surface area (Å²) >= 11 is 1.72. The minimum atomic E-state index is 1.08. The average molecular weight is 259 g/mol. The smallest absolute Gasteiger partial charge is 0.140 e. The maximum Gasteiger partial charge on any atom is 0.140 e. The lowest BCUT2D eigenvalue weighted by atomic mass is 10.1. The summed E-state index contributed by atoms with van der Waals surface area (Å²) in [7, 11) is 0. The zero-order chi connectivity index (χ0) is 12.4. The predicted molar refractivity (Wildman–Crippen MR) is 76.1 cm³/mol. The van der Waals surface area contributed by atoms with Gasteiger partial charge in [-0.2, -0.15) is 0 Å². The highest BCUT2D eigenvalue weighted by molar-refractivity contribution is 7.13. The minimum absolute atomic E-state index is 1.08. The fraction of sp³-hybridized carbons (Fsp3) is 0.429. The number of hydrogen-bond acceptors (Lipinski definition) is 4. The van der Waals surface area contributed by atoms with Gasteiger partial charge in [-0.1, -0.05) is 0 Å². The molecule has 3 heterocycles. The topological polar surface area (TPSA) is 29.0 Å². The van der Waals surface area contributed by atoms with E-state index in [0.29, 0.717) is 0 Å². The second kappa shape index (κ2) is 5.06. The fourth-order valence-corrected chi connectivity index (χ4v) is 3.25. The summed E-state index contributed by atoms with van der Waals surface area (Å²) in [4.78, 5) is 11.4. The van der Waals surface area contributed by atoms with Crippen LogP contribution in [0.5, 0.6) is 0 Å². The molecule has 1 aliphatic heterocycles. The maximum atomic E-state index is 4.77. The number of thiazole rings is 1. The molecular weight excluding hydrogens is 242 g/mol. The van der Waals surface area contributed by atoms with Crippen LogP contribution >= 0.6 is 11.3 Å². The molecule has 0 N–H and O–H groups in total. The Morgan fingerprint density at radius 1 is 1.22 bits per heavy atom. The van der Waals surface area contributed by atoms with E-state index in [1.165, 1.54) is 24.8 Å². The molecule has 18 heavy (non-hydrogen) atoms. The van der Waals surface area contributed by atoms with Gasteiger partial charge in [0.1, 0.15) is 10.8 Å².